The third-order valence-corrected chi connectivity index (χ3v) is 3.52. The fraction of sp³-hybridized carbons (Fsp3) is 0.364. The van der Waals surface area contributed by atoms with E-state index in [1.807, 2.05) is 0 Å². The lowest BCUT2D eigenvalue weighted by Crippen LogP contribution is -2.27. The maximum atomic E-state index is 11.9. The number of pyridine rings is 1. The molecule has 106 valence electrons. The minimum atomic E-state index is -0.579. The highest BCUT2D eigenvalue weighted by Crippen LogP contribution is 2.32. The van der Waals surface area contributed by atoms with E-state index in [0.717, 1.165) is 6.20 Å². The first-order chi connectivity index (χ1) is 9.43. The lowest BCUT2D eigenvalue weighted by molar-refractivity contribution is -0.385. The number of aromatic nitrogens is 1. The predicted octanol–water partition coefficient (Wildman–Crippen LogP) is 1.28. The summed E-state index contributed by atoms with van der Waals surface area (Å²) in [5.74, 6) is -1.02. The molecule has 1 saturated heterocycles. The van der Waals surface area contributed by atoms with Crippen LogP contribution in [0.2, 0.25) is 0 Å². The fourth-order valence-electron chi connectivity index (χ4n) is 1.96. The molecule has 1 atom stereocenters. The van der Waals surface area contributed by atoms with Gasteiger partial charge in [-0.25, -0.2) is 4.98 Å². The van der Waals surface area contributed by atoms with Crippen molar-refractivity contribution in [2.75, 3.05) is 18.6 Å². The van der Waals surface area contributed by atoms with Crippen LogP contribution in [0.3, 0.4) is 0 Å². The number of nitrogens with zero attached hydrogens (tertiary/aromatic N) is 3. The minimum absolute atomic E-state index is 0.0395. The van der Waals surface area contributed by atoms with E-state index in [2.05, 4.69) is 25.7 Å². The largest absolute Gasteiger partial charge is 0.469 e. The molecule has 0 spiro atoms. The number of amides is 1. The van der Waals surface area contributed by atoms with Gasteiger partial charge in [0.15, 0.2) is 0 Å². The van der Waals surface area contributed by atoms with Crippen LogP contribution in [0.15, 0.2) is 16.7 Å². The Hall–Kier alpha value is -2.03. The zero-order chi connectivity index (χ0) is 14.9. The van der Waals surface area contributed by atoms with Crippen LogP contribution < -0.4 is 4.90 Å². The van der Waals surface area contributed by atoms with Gasteiger partial charge in [-0.1, -0.05) is 0 Å². The molecule has 0 radical (unpaired) electrons. The Morgan fingerprint density at radius 1 is 1.65 bits per heavy atom. The van der Waals surface area contributed by atoms with Crippen LogP contribution in [0.25, 0.3) is 0 Å². The van der Waals surface area contributed by atoms with E-state index in [1.165, 1.54) is 18.1 Å². The van der Waals surface area contributed by atoms with E-state index in [9.17, 15) is 19.7 Å². The van der Waals surface area contributed by atoms with Gasteiger partial charge in [-0.2, -0.15) is 0 Å². The van der Waals surface area contributed by atoms with Crippen LogP contribution in [0.1, 0.15) is 6.42 Å². The quantitative estimate of drug-likeness (QED) is 0.465. The Bertz CT molecular complexity index is 591. The monoisotopic (exact) mass is 343 g/mol. The lowest BCUT2D eigenvalue weighted by atomic mass is 10.1. The molecule has 1 amide bonds. The van der Waals surface area contributed by atoms with Gasteiger partial charge in [-0.15, -0.1) is 0 Å². The number of methoxy groups -OCH3 is 1. The SMILES string of the molecule is COC(=O)C1CC(=O)N(c2ncc([N+](=O)[O-])cc2Br)C1. The summed E-state index contributed by atoms with van der Waals surface area (Å²) in [4.78, 5) is 38.6. The molecule has 1 aliphatic rings. The van der Waals surface area contributed by atoms with E-state index in [1.54, 1.807) is 0 Å². The summed E-state index contributed by atoms with van der Waals surface area (Å²) in [7, 11) is 1.26. The molecule has 0 aromatic carbocycles. The van der Waals surface area contributed by atoms with Crippen molar-refractivity contribution >= 4 is 39.3 Å². The maximum absolute atomic E-state index is 11.9. The summed E-state index contributed by atoms with van der Waals surface area (Å²) >= 11 is 3.15. The summed E-state index contributed by atoms with van der Waals surface area (Å²) in [6, 6.07) is 1.26. The van der Waals surface area contributed by atoms with Crippen LogP contribution in [-0.2, 0) is 14.3 Å². The van der Waals surface area contributed by atoms with Crippen molar-refractivity contribution in [2.45, 2.75) is 6.42 Å². The first-order valence-electron chi connectivity index (χ1n) is 5.62. The van der Waals surface area contributed by atoms with Crippen LogP contribution >= 0.6 is 15.9 Å². The van der Waals surface area contributed by atoms with Crippen LogP contribution in [0.4, 0.5) is 11.5 Å². The van der Waals surface area contributed by atoms with E-state index >= 15 is 0 Å². The molecule has 0 saturated carbocycles. The summed E-state index contributed by atoms with van der Waals surface area (Å²) < 4.78 is 4.93. The number of carbonyl (C=O) groups excluding carboxylic acids is 2. The van der Waals surface area contributed by atoms with Gasteiger partial charge in [-0.05, 0) is 15.9 Å². The van der Waals surface area contributed by atoms with Crippen molar-refractivity contribution in [1.29, 1.82) is 0 Å². The predicted molar refractivity (Wildman–Crippen MR) is 71.1 cm³/mol. The van der Waals surface area contributed by atoms with E-state index < -0.39 is 16.8 Å². The van der Waals surface area contributed by atoms with Crippen LogP contribution in [-0.4, -0.2) is 35.4 Å². The topological polar surface area (TPSA) is 103 Å². The number of hydrogen-bond acceptors (Lipinski definition) is 6. The summed E-state index contributed by atoms with van der Waals surface area (Å²) in [6.07, 6.45) is 1.11. The third kappa shape index (κ3) is 2.62. The van der Waals surface area contributed by atoms with Gasteiger partial charge in [-0.3, -0.25) is 24.6 Å². The Kier molecular flexibility index (Phi) is 3.98. The van der Waals surface area contributed by atoms with Gasteiger partial charge in [0.1, 0.15) is 12.0 Å². The Labute approximate surface area is 122 Å². The average Bonchev–Trinajstić information content (AvgIpc) is 2.79. The summed E-state index contributed by atoms with van der Waals surface area (Å²) in [6.45, 7) is 0.148. The van der Waals surface area contributed by atoms with E-state index in [-0.39, 0.29) is 30.4 Å². The zero-order valence-corrected chi connectivity index (χ0v) is 12.0. The number of halogens is 1. The average molecular weight is 344 g/mol. The molecular formula is C11H10BrN3O5. The van der Waals surface area contributed by atoms with Crippen molar-refractivity contribution in [3.05, 3.63) is 26.9 Å². The van der Waals surface area contributed by atoms with Gasteiger partial charge in [0.2, 0.25) is 5.91 Å². The van der Waals surface area contributed by atoms with Gasteiger partial charge < -0.3 is 4.74 Å². The smallest absolute Gasteiger partial charge is 0.311 e. The second-order valence-corrected chi connectivity index (χ2v) is 5.04. The van der Waals surface area contributed by atoms with Gasteiger partial charge in [0.05, 0.1) is 22.4 Å². The molecule has 1 unspecified atom stereocenters. The molecule has 20 heavy (non-hydrogen) atoms. The zero-order valence-electron chi connectivity index (χ0n) is 10.4. The number of rotatable bonds is 3. The van der Waals surface area contributed by atoms with Crippen molar-refractivity contribution in [2.24, 2.45) is 5.92 Å². The first kappa shape index (κ1) is 14.4. The Morgan fingerprint density at radius 2 is 2.35 bits per heavy atom. The van der Waals surface area contributed by atoms with Gasteiger partial charge in [0.25, 0.3) is 5.69 Å². The summed E-state index contributed by atoms with van der Waals surface area (Å²) in [5.41, 5.74) is -0.184. The molecule has 9 heteroatoms. The minimum Gasteiger partial charge on any atom is -0.469 e. The third-order valence-electron chi connectivity index (χ3n) is 2.93. The first-order valence-corrected chi connectivity index (χ1v) is 6.41. The highest BCUT2D eigenvalue weighted by molar-refractivity contribution is 9.10. The molecule has 8 nitrogen and oxygen atoms in total. The summed E-state index contributed by atoms with van der Waals surface area (Å²) in [5, 5.41) is 10.6. The van der Waals surface area contributed by atoms with E-state index in [0.29, 0.717) is 4.47 Å². The van der Waals surface area contributed by atoms with Gasteiger partial charge >= 0.3 is 5.97 Å². The van der Waals surface area contributed by atoms with Crippen molar-refractivity contribution in [3.8, 4) is 0 Å². The number of ether oxygens (including phenoxy) is 1. The number of nitro groups is 1. The Morgan fingerprint density at radius 3 is 2.90 bits per heavy atom. The Balaban J connectivity index is 2.26. The molecule has 1 aliphatic heterocycles. The second kappa shape index (κ2) is 5.53. The molecule has 1 fully saturated rings. The molecule has 0 aliphatic carbocycles. The number of hydrogen-bond donors (Lipinski definition) is 0. The van der Waals surface area contributed by atoms with Crippen molar-refractivity contribution in [3.63, 3.8) is 0 Å². The number of carbonyl (C=O) groups is 2. The van der Waals surface area contributed by atoms with Gasteiger partial charge in [0, 0.05) is 19.0 Å². The molecular weight excluding hydrogens is 334 g/mol. The standard InChI is InChI=1S/C11H10BrN3O5/c1-20-11(17)6-2-9(16)14(5-6)10-8(12)3-7(4-13-10)15(18)19/h3-4,6H,2,5H2,1H3. The molecule has 1 aromatic rings. The van der Waals surface area contributed by atoms with Crippen LogP contribution in [0.5, 0.6) is 0 Å². The van der Waals surface area contributed by atoms with Crippen molar-refractivity contribution < 1.29 is 19.2 Å². The highest BCUT2D eigenvalue weighted by Gasteiger charge is 2.37. The van der Waals surface area contributed by atoms with Crippen LogP contribution in [0, 0.1) is 16.0 Å². The molecule has 2 heterocycles. The van der Waals surface area contributed by atoms with Crippen molar-refractivity contribution in [1.82, 2.24) is 4.98 Å². The molecule has 2 rings (SSSR count). The molecule has 0 N–H and O–H groups in total. The number of anilines is 1. The number of esters is 1. The fourth-order valence-corrected chi connectivity index (χ4v) is 2.51. The second-order valence-electron chi connectivity index (χ2n) is 4.18. The highest BCUT2D eigenvalue weighted by atomic mass is 79.9. The van der Waals surface area contributed by atoms with E-state index in [4.69, 9.17) is 0 Å². The lowest BCUT2D eigenvalue weighted by Gasteiger charge is -2.16. The normalized spacial score (nSPS) is 18.2. The molecule has 0 bridgehead atoms. The molecule has 1 aromatic heterocycles. The maximum Gasteiger partial charge on any atom is 0.311 e.